The number of nitrogens with zero attached hydrogens (tertiary/aromatic N) is 2. The molecular weight excluding hydrogens is 193 g/mol. The highest BCUT2D eigenvalue weighted by Crippen LogP contribution is 2.28. The third kappa shape index (κ3) is 2.25. The van der Waals surface area contributed by atoms with Crippen molar-refractivity contribution >= 4 is 6.20 Å². The van der Waals surface area contributed by atoms with Crippen LogP contribution in [-0.4, -0.2) is 9.55 Å². The zero-order valence-corrected chi connectivity index (χ0v) is 7.54. The van der Waals surface area contributed by atoms with Crippen molar-refractivity contribution in [2.45, 2.75) is 13.1 Å². The van der Waals surface area contributed by atoms with E-state index in [1.807, 2.05) is 0 Å². The molecule has 0 saturated carbocycles. The van der Waals surface area contributed by atoms with Crippen molar-refractivity contribution < 1.29 is 13.2 Å². The van der Waals surface area contributed by atoms with E-state index in [4.69, 9.17) is 0 Å². The van der Waals surface area contributed by atoms with Crippen LogP contribution >= 0.6 is 0 Å². The number of rotatable bonds is 2. The second-order valence-corrected chi connectivity index (χ2v) is 2.66. The van der Waals surface area contributed by atoms with Gasteiger partial charge in [0.15, 0.2) is 5.69 Å². The Bertz CT molecular complexity index is 361. The smallest absolute Gasteiger partial charge is 0.310 e. The van der Waals surface area contributed by atoms with Crippen LogP contribution in [0.25, 0.3) is 6.20 Å². The molecule has 0 unspecified atom stereocenters. The van der Waals surface area contributed by atoms with Gasteiger partial charge in [-0.1, -0.05) is 12.7 Å². The highest BCUT2D eigenvalue weighted by atomic mass is 19.4. The first-order valence-electron chi connectivity index (χ1n) is 3.87. The number of aromatic nitrogens is 2. The Kier molecular flexibility index (Phi) is 2.78. The van der Waals surface area contributed by atoms with Crippen molar-refractivity contribution in [3.05, 3.63) is 36.4 Å². The summed E-state index contributed by atoms with van der Waals surface area (Å²) in [5.41, 5.74) is -0.885. The molecule has 5 heteroatoms. The van der Waals surface area contributed by atoms with Gasteiger partial charge in [0, 0.05) is 12.4 Å². The third-order valence-electron chi connectivity index (χ3n) is 1.59. The molecule has 0 bridgehead atoms. The minimum atomic E-state index is -4.39. The van der Waals surface area contributed by atoms with E-state index >= 15 is 0 Å². The quantitative estimate of drug-likeness (QED) is 0.674. The summed E-state index contributed by atoms with van der Waals surface area (Å²) in [4.78, 5) is 3.39. The van der Waals surface area contributed by atoms with Crippen LogP contribution in [0.4, 0.5) is 13.2 Å². The van der Waals surface area contributed by atoms with E-state index < -0.39 is 11.9 Å². The van der Waals surface area contributed by atoms with E-state index in [-0.39, 0.29) is 5.82 Å². The monoisotopic (exact) mass is 202 g/mol. The van der Waals surface area contributed by atoms with Crippen molar-refractivity contribution in [3.8, 4) is 0 Å². The van der Waals surface area contributed by atoms with Crippen LogP contribution < -0.4 is 0 Å². The van der Waals surface area contributed by atoms with Gasteiger partial charge in [0.05, 0.1) is 0 Å². The van der Waals surface area contributed by atoms with Crippen LogP contribution in [0.1, 0.15) is 11.5 Å². The molecule has 0 amide bonds. The molecule has 1 heterocycles. The molecule has 76 valence electrons. The van der Waals surface area contributed by atoms with Gasteiger partial charge in [-0.05, 0) is 13.0 Å². The maximum absolute atomic E-state index is 12.2. The summed E-state index contributed by atoms with van der Waals surface area (Å²) in [5, 5.41) is 0. The molecule has 0 fully saturated rings. The maximum atomic E-state index is 12.2. The zero-order chi connectivity index (χ0) is 10.8. The van der Waals surface area contributed by atoms with Gasteiger partial charge in [-0.25, -0.2) is 4.98 Å². The lowest BCUT2D eigenvalue weighted by molar-refractivity contribution is -0.141. The van der Waals surface area contributed by atoms with E-state index in [2.05, 4.69) is 11.6 Å². The summed E-state index contributed by atoms with van der Waals surface area (Å²) in [6.07, 6.45) is 1.03. The van der Waals surface area contributed by atoms with Crippen LogP contribution in [0.2, 0.25) is 0 Å². The predicted octanol–water partition coefficient (Wildman–Crippen LogP) is 2.87. The molecule has 0 spiro atoms. The molecule has 1 rings (SSSR count). The number of halogens is 3. The SMILES string of the molecule is C=CC=Cn1cc(C(F)(F)F)nc1C. The molecule has 0 aromatic carbocycles. The Balaban J connectivity index is 3.05. The minimum absolute atomic E-state index is 0.287. The van der Waals surface area contributed by atoms with Crippen molar-refractivity contribution in [2.24, 2.45) is 0 Å². The number of imidazole rings is 1. The van der Waals surface area contributed by atoms with Gasteiger partial charge in [-0.2, -0.15) is 13.2 Å². The highest BCUT2D eigenvalue weighted by Gasteiger charge is 2.33. The Morgan fingerprint density at radius 3 is 2.57 bits per heavy atom. The van der Waals surface area contributed by atoms with Crippen LogP contribution in [0.5, 0.6) is 0 Å². The van der Waals surface area contributed by atoms with Crippen molar-refractivity contribution in [2.75, 3.05) is 0 Å². The van der Waals surface area contributed by atoms with Gasteiger partial charge < -0.3 is 4.57 Å². The van der Waals surface area contributed by atoms with Gasteiger partial charge in [0.25, 0.3) is 0 Å². The first-order chi connectivity index (χ1) is 6.45. The lowest BCUT2D eigenvalue weighted by atomic mass is 10.5. The second-order valence-electron chi connectivity index (χ2n) is 2.66. The van der Waals surface area contributed by atoms with Crippen molar-refractivity contribution in [3.63, 3.8) is 0 Å². The van der Waals surface area contributed by atoms with E-state index in [0.29, 0.717) is 0 Å². The number of alkyl halides is 3. The Hall–Kier alpha value is -1.52. The summed E-state index contributed by atoms with van der Waals surface area (Å²) < 4.78 is 37.8. The summed E-state index contributed by atoms with van der Waals surface area (Å²) in [6, 6.07) is 0. The lowest BCUT2D eigenvalue weighted by Gasteiger charge is -1.98. The van der Waals surface area contributed by atoms with Crippen LogP contribution in [0.3, 0.4) is 0 Å². The highest BCUT2D eigenvalue weighted by molar-refractivity contribution is 5.30. The van der Waals surface area contributed by atoms with Crippen LogP contribution in [0, 0.1) is 6.92 Å². The third-order valence-corrected chi connectivity index (χ3v) is 1.59. The minimum Gasteiger partial charge on any atom is -0.310 e. The average Bonchev–Trinajstić information content (AvgIpc) is 2.43. The first kappa shape index (κ1) is 10.6. The van der Waals surface area contributed by atoms with Gasteiger partial charge in [0.1, 0.15) is 5.82 Å². The number of aryl methyl sites for hydroxylation is 1. The lowest BCUT2D eigenvalue weighted by Crippen LogP contribution is -2.04. The van der Waals surface area contributed by atoms with E-state index in [1.165, 1.54) is 29.8 Å². The van der Waals surface area contributed by atoms with Gasteiger partial charge in [0.2, 0.25) is 0 Å². The Morgan fingerprint density at radius 2 is 2.14 bits per heavy atom. The maximum Gasteiger partial charge on any atom is 0.434 e. The standard InChI is InChI=1S/C9H9F3N2/c1-3-4-5-14-6-8(9(10,11)12)13-7(14)2/h3-6H,1H2,2H3. The number of allylic oxidation sites excluding steroid dienone is 2. The Morgan fingerprint density at radius 1 is 1.50 bits per heavy atom. The van der Waals surface area contributed by atoms with E-state index in [1.54, 1.807) is 0 Å². The summed E-state index contributed by atoms with van der Waals surface area (Å²) in [6.45, 7) is 4.92. The molecule has 0 atom stereocenters. The fourth-order valence-corrected chi connectivity index (χ4v) is 0.927. The molecule has 0 aliphatic rings. The van der Waals surface area contributed by atoms with E-state index in [0.717, 1.165) is 6.20 Å². The number of hydrogen-bond donors (Lipinski definition) is 0. The first-order valence-corrected chi connectivity index (χ1v) is 3.87. The summed E-state index contributed by atoms with van der Waals surface area (Å²) in [7, 11) is 0. The molecule has 2 nitrogen and oxygen atoms in total. The van der Waals surface area contributed by atoms with Gasteiger partial charge in [-0.15, -0.1) is 0 Å². The fourth-order valence-electron chi connectivity index (χ4n) is 0.927. The zero-order valence-electron chi connectivity index (χ0n) is 7.54. The second kappa shape index (κ2) is 3.69. The van der Waals surface area contributed by atoms with Gasteiger partial charge >= 0.3 is 6.18 Å². The summed E-state index contributed by atoms with van der Waals surface area (Å²) >= 11 is 0. The molecule has 1 aromatic heterocycles. The van der Waals surface area contributed by atoms with Crippen LogP contribution in [0.15, 0.2) is 24.9 Å². The topological polar surface area (TPSA) is 17.8 Å². The molecule has 0 aliphatic carbocycles. The largest absolute Gasteiger partial charge is 0.434 e. The molecule has 14 heavy (non-hydrogen) atoms. The molecule has 0 aliphatic heterocycles. The van der Waals surface area contributed by atoms with Crippen molar-refractivity contribution in [1.29, 1.82) is 0 Å². The summed E-state index contributed by atoms with van der Waals surface area (Å²) in [5.74, 6) is 0.287. The molecule has 0 radical (unpaired) electrons. The normalized spacial score (nSPS) is 12.3. The average molecular weight is 202 g/mol. The van der Waals surface area contributed by atoms with Gasteiger partial charge in [-0.3, -0.25) is 0 Å². The predicted molar refractivity (Wildman–Crippen MR) is 47.5 cm³/mol. The van der Waals surface area contributed by atoms with Crippen LogP contribution in [-0.2, 0) is 6.18 Å². The molecule has 0 N–H and O–H groups in total. The van der Waals surface area contributed by atoms with E-state index in [9.17, 15) is 13.2 Å². The number of hydrogen-bond acceptors (Lipinski definition) is 1. The molecular formula is C9H9F3N2. The molecule has 0 saturated heterocycles. The van der Waals surface area contributed by atoms with Crippen molar-refractivity contribution in [1.82, 2.24) is 9.55 Å². The molecule has 1 aromatic rings. The Labute approximate surface area is 79.4 Å². The fraction of sp³-hybridized carbons (Fsp3) is 0.222.